The molecule has 188 valence electrons. The quantitative estimate of drug-likeness (QED) is 0.379. The normalized spacial score (nSPS) is 25.2. The predicted octanol–water partition coefficient (Wildman–Crippen LogP) is 2.47. The van der Waals surface area contributed by atoms with Crippen molar-refractivity contribution in [2.75, 3.05) is 18.4 Å². The Labute approximate surface area is 199 Å². The fourth-order valence-electron chi connectivity index (χ4n) is 4.40. The van der Waals surface area contributed by atoms with E-state index in [9.17, 15) is 23.4 Å². The molecule has 2 fully saturated rings. The molecule has 0 unspecified atom stereocenters. The fourth-order valence-corrected chi connectivity index (χ4v) is 4.40. The van der Waals surface area contributed by atoms with Crippen LogP contribution in [0.2, 0.25) is 0 Å². The van der Waals surface area contributed by atoms with Crippen LogP contribution in [0.5, 0.6) is 0 Å². The van der Waals surface area contributed by atoms with Gasteiger partial charge in [0, 0.05) is 19.6 Å². The summed E-state index contributed by atoms with van der Waals surface area (Å²) in [5.41, 5.74) is 0.980. The van der Waals surface area contributed by atoms with Crippen molar-refractivity contribution in [3.63, 3.8) is 0 Å². The monoisotopic (exact) mass is 492 g/mol. The molecule has 2 aliphatic rings. The Morgan fingerprint density at radius 2 is 1.80 bits per heavy atom. The van der Waals surface area contributed by atoms with Crippen LogP contribution >= 0.6 is 0 Å². The van der Waals surface area contributed by atoms with Gasteiger partial charge in [0.25, 0.3) is 0 Å². The van der Waals surface area contributed by atoms with Crippen molar-refractivity contribution in [2.24, 2.45) is 5.92 Å². The fraction of sp³-hybridized carbons (Fsp3) is 0.522. The second-order valence-electron chi connectivity index (χ2n) is 9.10. The third kappa shape index (κ3) is 4.96. The Kier molecular flexibility index (Phi) is 6.62. The lowest BCUT2D eigenvalue weighted by Crippen LogP contribution is -2.37. The SMILES string of the molecule is O[C@@H]1[C@H](O)[C@@H](CNCc2ccc(C(F)(F)F)cc2)O[C@H]1n1cnc2c(NCC3CCC3)ncnc21. The summed E-state index contributed by atoms with van der Waals surface area (Å²) in [4.78, 5) is 13.0. The molecule has 3 heterocycles. The summed E-state index contributed by atoms with van der Waals surface area (Å²) in [6.07, 6.45) is -1.83. The number of ether oxygens (including phenoxy) is 1. The van der Waals surface area contributed by atoms with Crippen molar-refractivity contribution in [3.8, 4) is 0 Å². The van der Waals surface area contributed by atoms with E-state index in [0.29, 0.717) is 28.5 Å². The number of alkyl halides is 3. The number of nitrogens with zero attached hydrogens (tertiary/aromatic N) is 4. The van der Waals surface area contributed by atoms with Crippen LogP contribution in [0.4, 0.5) is 19.0 Å². The maximum atomic E-state index is 12.7. The van der Waals surface area contributed by atoms with Crippen LogP contribution in [0.25, 0.3) is 11.2 Å². The molecular weight excluding hydrogens is 465 g/mol. The van der Waals surface area contributed by atoms with Gasteiger partial charge in [-0.25, -0.2) is 15.0 Å². The van der Waals surface area contributed by atoms with Gasteiger partial charge < -0.3 is 25.6 Å². The van der Waals surface area contributed by atoms with Crippen LogP contribution in [0.1, 0.15) is 36.6 Å². The Hall–Kier alpha value is -2.80. The molecular formula is C23H27F3N6O3. The Morgan fingerprint density at radius 3 is 2.49 bits per heavy atom. The summed E-state index contributed by atoms with van der Waals surface area (Å²) < 4.78 is 45.7. The highest BCUT2D eigenvalue weighted by atomic mass is 19.4. The van der Waals surface area contributed by atoms with Crippen molar-refractivity contribution in [1.29, 1.82) is 0 Å². The number of aromatic nitrogens is 4. The highest BCUT2D eigenvalue weighted by Crippen LogP contribution is 2.33. The summed E-state index contributed by atoms with van der Waals surface area (Å²) in [5, 5.41) is 27.6. The van der Waals surface area contributed by atoms with E-state index in [0.717, 1.165) is 18.7 Å². The van der Waals surface area contributed by atoms with E-state index in [2.05, 4.69) is 25.6 Å². The number of anilines is 1. The van der Waals surface area contributed by atoms with Crippen LogP contribution in [0.15, 0.2) is 36.9 Å². The summed E-state index contributed by atoms with van der Waals surface area (Å²) in [6.45, 7) is 1.28. The molecule has 5 rings (SSSR count). The first-order valence-electron chi connectivity index (χ1n) is 11.6. The third-order valence-corrected chi connectivity index (χ3v) is 6.71. The summed E-state index contributed by atoms with van der Waals surface area (Å²) >= 11 is 0. The van der Waals surface area contributed by atoms with Crippen molar-refractivity contribution in [2.45, 2.75) is 56.5 Å². The van der Waals surface area contributed by atoms with E-state index >= 15 is 0 Å². The van der Waals surface area contributed by atoms with Crippen molar-refractivity contribution in [1.82, 2.24) is 24.8 Å². The van der Waals surface area contributed by atoms with Crippen molar-refractivity contribution in [3.05, 3.63) is 48.0 Å². The Balaban J connectivity index is 1.21. The van der Waals surface area contributed by atoms with Crippen molar-refractivity contribution >= 4 is 17.0 Å². The minimum Gasteiger partial charge on any atom is -0.387 e. The number of benzene rings is 1. The molecule has 2 aromatic heterocycles. The number of aliphatic hydroxyl groups excluding tert-OH is 2. The highest BCUT2D eigenvalue weighted by Gasteiger charge is 2.44. The van der Waals surface area contributed by atoms with Gasteiger partial charge in [-0.1, -0.05) is 18.6 Å². The average molecular weight is 493 g/mol. The first-order valence-corrected chi connectivity index (χ1v) is 11.6. The molecule has 0 bridgehead atoms. The van der Waals surface area contributed by atoms with E-state index in [1.165, 1.54) is 44.0 Å². The standard InChI is InChI=1S/C23H27F3N6O3/c24-23(25,26)15-6-4-14(5-7-15)8-27-10-16-18(33)19(34)22(35-16)32-12-31-17-20(29-11-30-21(17)32)28-9-13-2-1-3-13/h4-7,11-13,16,18-19,22,27,33-34H,1-3,8-10H2,(H,28,29,30)/t16-,18-,19-,22-/m1/s1. The minimum atomic E-state index is -4.38. The zero-order valence-corrected chi connectivity index (χ0v) is 18.8. The molecule has 0 amide bonds. The molecule has 1 aliphatic heterocycles. The molecule has 9 nitrogen and oxygen atoms in total. The van der Waals surface area contributed by atoms with Gasteiger partial charge in [-0.15, -0.1) is 0 Å². The molecule has 1 aromatic carbocycles. The molecule has 4 atom stereocenters. The number of hydrogen-bond donors (Lipinski definition) is 4. The smallest absolute Gasteiger partial charge is 0.387 e. The second kappa shape index (κ2) is 9.69. The zero-order chi connectivity index (χ0) is 24.6. The van der Waals surface area contributed by atoms with E-state index in [-0.39, 0.29) is 13.1 Å². The Bertz CT molecular complexity index is 1150. The van der Waals surface area contributed by atoms with Crippen LogP contribution in [0.3, 0.4) is 0 Å². The lowest BCUT2D eigenvalue weighted by Gasteiger charge is -2.25. The van der Waals surface area contributed by atoms with E-state index < -0.39 is 36.3 Å². The molecule has 4 N–H and O–H groups in total. The van der Waals surface area contributed by atoms with Crippen LogP contribution in [0, 0.1) is 5.92 Å². The summed E-state index contributed by atoms with van der Waals surface area (Å²) in [6, 6.07) is 4.85. The maximum absolute atomic E-state index is 12.7. The summed E-state index contributed by atoms with van der Waals surface area (Å²) in [5.74, 6) is 1.25. The van der Waals surface area contributed by atoms with Gasteiger partial charge in [0.05, 0.1) is 11.9 Å². The Morgan fingerprint density at radius 1 is 1.03 bits per heavy atom. The maximum Gasteiger partial charge on any atom is 0.416 e. The van der Waals surface area contributed by atoms with Crippen LogP contribution in [-0.2, 0) is 17.5 Å². The molecule has 3 aromatic rings. The van der Waals surface area contributed by atoms with Gasteiger partial charge in [0.1, 0.15) is 24.6 Å². The lowest BCUT2D eigenvalue weighted by molar-refractivity contribution is -0.137. The second-order valence-corrected chi connectivity index (χ2v) is 9.10. The topological polar surface area (TPSA) is 117 Å². The third-order valence-electron chi connectivity index (χ3n) is 6.71. The van der Waals surface area contributed by atoms with Gasteiger partial charge in [-0.3, -0.25) is 4.57 Å². The number of hydrogen-bond acceptors (Lipinski definition) is 8. The molecule has 1 saturated carbocycles. The summed E-state index contributed by atoms with van der Waals surface area (Å²) in [7, 11) is 0. The largest absolute Gasteiger partial charge is 0.416 e. The minimum absolute atomic E-state index is 0.186. The molecule has 35 heavy (non-hydrogen) atoms. The van der Waals surface area contributed by atoms with E-state index in [1.807, 2.05) is 0 Å². The molecule has 0 spiro atoms. The zero-order valence-electron chi connectivity index (χ0n) is 18.8. The average Bonchev–Trinajstić information content (AvgIpc) is 3.35. The van der Waals surface area contributed by atoms with Crippen molar-refractivity contribution < 1.29 is 28.1 Å². The van der Waals surface area contributed by atoms with Crippen LogP contribution < -0.4 is 10.6 Å². The van der Waals surface area contributed by atoms with Gasteiger partial charge in [-0.2, -0.15) is 13.2 Å². The van der Waals surface area contributed by atoms with E-state index in [1.54, 1.807) is 4.57 Å². The predicted molar refractivity (Wildman–Crippen MR) is 120 cm³/mol. The molecule has 12 heteroatoms. The first kappa shape index (κ1) is 23.9. The van der Waals surface area contributed by atoms with Gasteiger partial charge in [0.15, 0.2) is 23.2 Å². The number of fused-ring (bicyclic) bond motifs is 1. The van der Waals surface area contributed by atoms with Gasteiger partial charge >= 0.3 is 6.18 Å². The molecule has 1 aliphatic carbocycles. The molecule has 1 saturated heterocycles. The highest BCUT2D eigenvalue weighted by molar-refractivity contribution is 5.82. The van der Waals surface area contributed by atoms with Gasteiger partial charge in [0.2, 0.25) is 0 Å². The number of imidazole rings is 1. The number of rotatable bonds is 8. The number of halogens is 3. The van der Waals surface area contributed by atoms with Gasteiger partial charge in [-0.05, 0) is 36.5 Å². The lowest BCUT2D eigenvalue weighted by atomic mass is 9.85. The first-order chi connectivity index (χ1) is 16.8. The van der Waals surface area contributed by atoms with Crippen LogP contribution in [-0.4, -0.2) is 61.1 Å². The molecule has 0 radical (unpaired) electrons. The van der Waals surface area contributed by atoms with E-state index in [4.69, 9.17) is 4.74 Å². The number of nitrogens with one attached hydrogen (secondary N) is 2. The number of aliphatic hydroxyl groups is 2.